The molecular formula is C15H15NO2. The fraction of sp³-hybridized carbons (Fsp3) is 0.333. The second-order valence-corrected chi connectivity index (χ2v) is 4.82. The summed E-state index contributed by atoms with van der Waals surface area (Å²) in [6.07, 6.45) is 5.61. The number of esters is 1. The van der Waals surface area contributed by atoms with E-state index in [1.807, 2.05) is 24.3 Å². The van der Waals surface area contributed by atoms with Gasteiger partial charge in [0.1, 0.15) is 0 Å². The van der Waals surface area contributed by atoms with Crippen LogP contribution in [0.4, 0.5) is 0 Å². The molecule has 1 aromatic rings. The molecule has 0 N–H and O–H groups in total. The maximum Gasteiger partial charge on any atom is 0.341 e. The summed E-state index contributed by atoms with van der Waals surface area (Å²) in [6, 6.07) is 10.1. The molecule has 2 atom stereocenters. The topological polar surface area (TPSA) is 38.7 Å². The van der Waals surface area contributed by atoms with Crippen LogP contribution in [0.2, 0.25) is 0 Å². The molecule has 1 aliphatic carbocycles. The molecule has 1 spiro atoms. The molecule has 18 heavy (non-hydrogen) atoms. The highest BCUT2D eigenvalue weighted by Crippen LogP contribution is 2.44. The van der Waals surface area contributed by atoms with Crippen LogP contribution in [-0.2, 0) is 9.53 Å². The quantitative estimate of drug-likeness (QED) is 0.560. The molecule has 1 heterocycles. The molecule has 0 bridgehead atoms. The Labute approximate surface area is 106 Å². The Balaban J connectivity index is 2.08. The first-order chi connectivity index (χ1) is 8.72. The molecule has 92 valence electrons. The van der Waals surface area contributed by atoms with E-state index in [1.54, 1.807) is 6.92 Å². The number of aliphatic imine (C=N–C) groups is 1. The van der Waals surface area contributed by atoms with Crippen LogP contribution in [0.15, 0.2) is 47.5 Å². The molecule has 0 fully saturated rings. The summed E-state index contributed by atoms with van der Waals surface area (Å²) in [6.45, 7) is 1.74. The van der Waals surface area contributed by atoms with Crippen molar-refractivity contribution in [3.63, 3.8) is 0 Å². The summed E-state index contributed by atoms with van der Waals surface area (Å²) in [5.41, 5.74) is 0.414. The van der Waals surface area contributed by atoms with E-state index < -0.39 is 5.54 Å². The minimum Gasteiger partial charge on any atom is -0.410 e. The summed E-state index contributed by atoms with van der Waals surface area (Å²) in [4.78, 5) is 16.7. The summed E-state index contributed by atoms with van der Waals surface area (Å²) in [5.74, 6) is 0.350. The van der Waals surface area contributed by atoms with Gasteiger partial charge in [0.15, 0.2) is 11.4 Å². The van der Waals surface area contributed by atoms with E-state index in [4.69, 9.17) is 4.74 Å². The van der Waals surface area contributed by atoms with Crippen LogP contribution in [0, 0.1) is 0 Å². The number of rotatable bonds is 1. The van der Waals surface area contributed by atoms with Crippen molar-refractivity contribution in [2.45, 2.75) is 31.2 Å². The summed E-state index contributed by atoms with van der Waals surface area (Å²) in [7, 11) is 0. The van der Waals surface area contributed by atoms with Gasteiger partial charge in [0.25, 0.3) is 0 Å². The first-order valence-electron chi connectivity index (χ1n) is 6.21. The van der Waals surface area contributed by atoms with Crippen molar-refractivity contribution in [1.29, 1.82) is 0 Å². The number of nitrogens with zero attached hydrogens (tertiary/aromatic N) is 1. The van der Waals surface area contributed by atoms with Crippen LogP contribution in [-0.4, -0.2) is 17.4 Å². The number of carbonyl (C=O) groups excluding carboxylic acids is 1. The molecule has 0 amide bonds. The first-order valence-corrected chi connectivity index (χ1v) is 6.21. The smallest absolute Gasteiger partial charge is 0.341 e. The normalized spacial score (nSPS) is 30.4. The Kier molecular flexibility index (Phi) is 2.54. The van der Waals surface area contributed by atoms with Crippen LogP contribution in [0.25, 0.3) is 0 Å². The molecule has 2 aliphatic rings. The Morgan fingerprint density at radius 1 is 1.28 bits per heavy atom. The predicted octanol–water partition coefficient (Wildman–Crippen LogP) is 2.83. The summed E-state index contributed by atoms with van der Waals surface area (Å²) >= 11 is 0. The van der Waals surface area contributed by atoms with Gasteiger partial charge in [0.2, 0.25) is 0 Å². The van der Waals surface area contributed by atoms with Crippen molar-refractivity contribution in [1.82, 2.24) is 0 Å². The second-order valence-electron chi connectivity index (χ2n) is 4.82. The van der Waals surface area contributed by atoms with Crippen LogP contribution in [0.1, 0.15) is 31.2 Å². The Morgan fingerprint density at radius 3 is 2.72 bits per heavy atom. The number of hydrogen-bond donors (Lipinski definition) is 0. The van der Waals surface area contributed by atoms with Gasteiger partial charge in [-0.15, -0.1) is 0 Å². The van der Waals surface area contributed by atoms with E-state index in [1.165, 1.54) is 0 Å². The average Bonchev–Trinajstić information content (AvgIpc) is 2.66. The fourth-order valence-corrected chi connectivity index (χ4v) is 2.85. The van der Waals surface area contributed by atoms with E-state index in [0.717, 1.165) is 12.0 Å². The highest BCUT2D eigenvalue weighted by Gasteiger charge is 2.51. The average molecular weight is 241 g/mol. The van der Waals surface area contributed by atoms with Crippen molar-refractivity contribution in [2.75, 3.05) is 0 Å². The first kappa shape index (κ1) is 11.2. The van der Waals surface area contributed by atoms with Gasteiger partial charge >= 0.3 is 5.97 Å². The zero-order valence-electron chi connectivity index (χ0n) is 10.3. The van der Waals surface area contributed by atoms with Crippen LogP contribution in [0.5, 0.6) is 0 Å². The highest BCUT2D eigenvalue weighted by atomic mass is 16.6. The molecule has 1 aliphatic heterocycles. The number of hydrogen-bond acceptors (Lipinski definition) is 3. The largest absolute Gasteiger partial charge is 0.410 e. The highest BCUT2D eigenvalue weighted by molar-refractivity contribution is 6.00. The zero-order valence-corrected chi connectivity index (χ0v) is 10.3. The number of benzene rings is 1. The Morgan fingerprint density at radius 2 is 2.06 bits per heavy atom. The van der Waals surface area contributed by atoms with Crippen LogP contribution >= 0.6 is 0 Å². The Hall–Kier alpha value is -1.90. The lowest BCUT2D eigenvalue weighted by atomic mass is 9.73. The van der Waals surface area contributed by atoms with E-state index in [2.05, 4.69) is 23.2 Å². The minimum absolute atomic E-state index is 0.0775. The van der Waals surface area contributed by atoms with E-state index in [-0.39, 0.29) is 11.9 Å². The minimum atomic E-state index is -0.736. The molecule has 0 saturated carbocycles. The van der Waals surface area contributed by atoms with Gasteiger partial charge in [0, 0.05) is 19.3 Å². The maximum atomic E-state index is 12.2. The van der Waals surface area contributed by atoms with Crippen molar-refractivity contribution in [3.8, 4) is 0 Å². The number of allylic oxidation sites excluding steroid dienone is 1. The fourth-order valence-electron chi connectivity index (χ4n) is 2.85. The molecule has 0 saturated heterocycles. The van der Waals surface area contributed by atoms with Gasteiger partial charge in [-0.1, -0.05) is 42.5 Å². The third-order valence-corrected chi connectivity index (χ3v) is 3.70. The lowest BCUT2D eigenvalue weighted by molar-refractivity contribution is -0.140. The van der Waals surface area contributed by atoms with E-state index in [9.17, 15) is 4.79 Å². The third kappa shape index (κ3) is 1.58. The molecule has 0 radical (unpaired) electrons. The molecule has 0 unspecified atom stereocenters. The molecule has 3 rings (SSSR count). The molecular weight excluding hydrogens is 226 g/mol. The lowest BCUT2D eigenvalue weighted by Crippen LogP contribution is -2.41. The monoisotopic (exact) mass is 241 g/mol. The van der Waals surface area contributed by atoms with Crippen molar-refractivity contribution >= 4 is 11.9 Å². The van der Waals surface area contributed by atoms with Crippen LogP contribution in [0.3, 0.4) is 0 Å². The van der Waals surface area contributed by atoms with Crippen LogP contribution < -0.4 is 0 Å². The molecule has 1 aromatic carbocycles. The van der Waals surface area contributed by atoms with Crippen molar-refractivity contribution in [3.05, 3.63) is 48.0 Å². The van der Waals surface area contributed by atoms with Crippen molar-refractivity contribution < 1.29 is 9.53 Å². The van der Waals surface area contributed by atoms with Gasteiger partial charge in [0.05, 0.1) is 0 Å². The third-order valence-electron chi connectivity index (χ3n) is 3.70. The lowest BCUT2D eigenvalue weighted by Gasteiger charge is -2.33. The predicted molar refractivity (Wildman–Crippen MR) is 69.5 cm³/mol. The van der Waals surface area contributed by atoms with Gasteiger partial charge in [-0.25, -0.2) is 9.79 Å². The van der Waals surface area contributed by atoms with Gasteiger partial charge < -0.3 is 4.74 Å². The molecule has 3 nitrogen and oxygen atoms in total. The second kappa shape index (κ2) is 4.09. The number of ether oxygens (including phenoxy) is 1. The Bertz CT molecular complexity index is 533. The van der Waals surface area contributed by atoms with Gasteiger partial charge in [-0.2, -0.15) is 0 Å². The maximum absolute atomic E-state index is 12.2. The number of cyclic esters (lactones) is 1. The van der Waals surface area contributed by atoms with Gasteiger partial charge in [-0.05, 0) is 12.0 Å². The summed E-state index contributed by atoms with van der Waals surface area (Å²) < 4.78 is 5.18. The van der Waals surface area contributed by atoms with Gasteiger partial charge in [-0.3, -0.25) is 0 Å². The molecule has 0 aromatic heterocycles. The standard InChI is InChI=1S/C15H15NO2/c1-11-16-15(14(17)18-11)10-6-5-9-13(15)12-7-3-2-4-8-12/h2-8,13H,9-10H2,1H3/t13-,15-/m0/s1. The SMILES string of the molecule is CC1=N[C@]2(CC=CC[C@H]2c2ccccc2)C(=O)O1. The van der Waals surface area contributed by atoms with Crippen molar-refractivity contribution in [2.24, 2.45) is 4.99 Å². The number of carbonyl (C=O) groups is 1. The molecule has 3 heteroatoms. The zero-order chi connectivity index (χ0) is 12.6. The van der Waals surface area contributed by atoms with E-state index in [0.29, 0.717) is 12.3 Å². The van der Waals surface area contributed by atoms with E-state index >= 15 is 0 Å². The summed E-state index contributed by atoms with van der Waals surface area (Å²) in [5, 5.41) is 0.